The highest BCUT2D eigenvalue weighted by molar-refractivity contribution is 5.85. The van der Waals surface area contributed by atoms with E-state index in [-0.39, 0.29) is 37.1 Å². The molecule has 112 valence electrons. The predicted molar refractivity (Wildman–Crippen MR) is 73.6 cm³/mol. The van der Waals surface area contributed by atoms with E-state index in [1.165, 1.54) is 4.90 Å². The minimum absolute atomic E-state index is 0. The number of carbonyl (C=O) groups excluding carboxylic acids is 1. The molecule has 1 aliphatic rings. The van der Waals surface area contributed by atoms with E-state index in [0.717, 1.165) is 0 Å². The zero-order chi connectivity index (χ0) is 13.9. The molecule has 0 aliphatic carbocycles. The molecule has 0 aromatic rings. The SMILES string of the molecule is CC1CN(C(=O)CN(C)C(C)C(=O)O)CC(C)O1.Cl. The van der Waals surface area contributed by atoms with E-state index in [2.05, 4.69) is 0 Å². The van der Waals surface area contributed by atoms with Gasteiger partial charge < -0.3 is 14.7 Å². The molecule has 7 heteroatoms. The van der Waals surface area contributed by atoms with Crippen LogP contribution in [-0.4, -0.2) is 71.7 Å². The van der Waals surface area contributed by atoms with E-state index in [4.69, 9.17) is 9.84 Å². The standard InChI is InChI=1S/C12H22N2O4.ClH/c1-8-5-14(6-9(2)18-8)11(15)7-13(4)10(3)12(16)17;/h8-10H,5-7H2,1-4H3,(H,16,17);1H. The van der Waals surface area contributed by atoms with E-state index in [1.54, 1.807) is 18.9 Å². The van der Waals surface area contributed by atoms with E-state index in [9.17, 15) is 9.59 Å². The molecule has 1 saturated heterocycles. The molecule has 1 N–H and O–H groups in total. The topological polar surface area (TPSA) is 70.1 Å². The van der Waals surface area contributed by atoms with E-state index in [1.807, 2.05) is 13.8 Å². The van der Waals surface area contributed by atoms with Gasteiger partial charge >= 0.3 is 5.97 Å². The Morgan fingerprint density at radius 3 is 2.26 bits per heavy atom. The minimum atomic E-state index is -0.922. The summed E-state index contributed by atoms with van der Waals surface area (Å²) in [6, 6.07) is -0.662. The van der Waals surface area contributed by atoms with Crippen LogP contribution in [0, 0.1) is 0 Å². The molecule has 1 rings (SSSR count). The summed E-state index contributed by atoms with van der Waals surface area (Å²) in [6.07, 6.45) is 0.0554. The molecular formula is C12H23ClN2O4. The van der Waals surface area contributed by atoms with Gasteiger partial charge in [0.2, 0.25) is 5.91 Å². The third-order valence-electron chi connectivity index (χ3n) is 3.18. The Labute approximate surface area is 120 Å². The molecule has 6 nitrogen and oxygen atoms in total. The van der Waals surface area contributed by atoms with Crippen molar-refractivity contribution in [1.82, 2.24) is 9.80 Å². The van der Waals surface area contributed by atoms with Gasteiger partial charge in [-0.15, -0.1) is 12.4 Å². The number of halogens is 1. The van der Waals surface area contributed by atoms with Gasteiger partial charge in [0, 0.05) is 13.1 Å². The normalized spacial score (nSPS) is 24.8. The molecule has 0 aromatic heterocycles. The third-order valence-corrected chi connectivity index (χ3v) is 3.18. The summed E-state index contributed by atoms with van der Waals surface area (Å²) in [5.41, 5.74) is 0. The van der Waals surface area contributed by atoms with Crippen LogP contribution in [0.1, 0.15) is 20.8 Å². The maximum Gasteiger partial charge on any atom is 0.320 e. The number of carbonyl (C=O) groups is 2. The van der Waals surface area contributed by atoms with Gasteiger partial charge in [0.1, 0.15) is 6.04 Å². The Bertz CT molecular complexity index is 317. The fraction of sp³-hybridized carbons (Fsp3) is 0.833. The number of likely N-dealkylation sites (N-methyl/N-ethyl adjacent to an activating group) is 1. The lowest BCUT2D eigenvalue weighted by Crippen LogP contribution is -2.52. The molecule has 0 aromatic carbocycles. The van der Waals surface area contributed by atoms with Crippen molar-refractivity contribution in [3.63, 3.8) is 0 Å². The van der Waals surface area contributed by atoms with Crippen LogP contribution in [0.4, 0.5) is 0 Å². The smallest absolute Gasteiger partial charge is 0.320 e. The molecule has 1 fully saturated rings. The number of hydrogen-bond acceptors (Lipinski definition) is 4. The first-order valence-electron chi connectivity index (χ1n) is 6.17. The number of carboxylic acids is 1. The van der Waals surface area contributed by atoms with Crippen LogP contribution in [0.5, 0.6) is 0 Å². The van der Waals surface area contributed by atoms with Crippen LogP contribution >= 0.6 is 12.4 Å². The largest absolute Gasteiger partial charge is 0.480 e. The number of morpholine rings is 1. The van der Waals surface area contributed by atoms with Crippen LogP contribution in [0.2, 0.25) is 0 Å². The quantitative estimate of drug-likeness (QED) is 0.815. The molecule has 3 unspecified atom stereocenters. The fourth-order valence-electron chi connectivity index (χ4n) is 2.02. The predicted octanol–water partition coefficient (Wildman–Crippen LogP) is 0.449. The molecular weight excluding hydrogens is 272 g/mol. The molecule has 1 aliphatic heterocycles. The number of nitrogens with zero attached hydrogens (tertiary/aromatic N) is 2. The maximum atomic E-state index is 12.1. The average Bonchev–Trinajstić information content (AvgIpc) is 2.26. The number of ether oxygens (including phenoxy) is 1. The van der Waals surface area contributed by atoms with Crippen molar-refractivity contribution in [2.45, 2.75) is 39.0 Å². The Morgan fingerprint density at radius 2 is 1.84 bits per heavy atom. The van der Waals surface area contributed by atoms with Crippen LogP contribution in [0.25, 0.3) is 0 Å². The van der Waals surface area contributed by atoms with Gasteiger partial charge in [-0.2, -0.15) is 0 Å². The second kappa shape index (κ2) is 7.67. The maximum absolute atomic E-state index is 12.1. The van der Waals surface area contributed by atoms with Crippen molar-refractivity contribution in [3.8, 4) is 0 Å². The molecule has 19 heavy (non-hydrogen) atoms. The zero-order valence-electron chi connectivity index (χ0n) is 11.8. The number of aliphatic carboxylic acids is 1. The summed E-state index contributed by atoms with van der Waals surface area (Å²) >= 11 is 0. The molecule has 1 amide bonds. The summed E-state index contributed by atoms with van der Waals surface area (Å²) in [6.45, 7) is 6.68. The van der Waals surface area contributed by atoms with Crippen LogP contribution in [0.15, 0.2) is 0 Å². The summed E-state index contributed by atoms with van der Waals surface area (Å²) in [5.74, 6) is -0.971. The van der Waals surface area contributed by atoms with Gasteiger partial charge in [-0.05, 0) is 27.8 Å². The highest BCUT2D eigenvalue weighted by atomic mass is 35.5. The molecule has 0 radical (unpaired) electrons. The summed E-state index contributed by atoms with van der Waals surface area (Å²) in [4.78, 5) is 26.2. The van der Waals surface area contributed by atoms with Gasteiger partial charge in [-0.3, -0.25) is 14.5 Å². The Hall–Kier alpha value is -0.850. The first kappa shape index (κ1) is 18.1. The zero-order valence-corrected chi connectivity index (χ0v) is 12.6. The molecule has 0 saturated carbocycles. The van der Waals surface area contributed by atoms with Gasteiger partial charge in [-0.25, -0.2) is 0 Å². The summed E-state index contributed by atoms with van der Waals surface area (Å²) in [5, 5.41) is 8.87. The van der Waals surface area contributed by atoms with Gasteiger partial charge in [0.25, 0.3) is 0 Å². The number of amides is 1. The van der Waals surface area contributed by atoms with Gasteiger partial charge in [0.15, 0.2) is 0 Å². The lowest BCUT2D eigenvalue weighted by molar-refractivity contribution is -0.147. The van der Waals surface area contributed by atoms with Crippen LogP contribution in [0.3, 0.4) is 0 Å². The summed E-state index contributed by atoms with van der Waals surface area (Å²) in [7, 11) is 1.64. The van der Waals surface area contributed by atoms with E-state index in [0.29, 0.717) is 13.1 Å². The second-order valence-electron chi connectivity index (χ2n) is 4.99. The van der Waals surface area contributed by atoms with Crippen molar-refractivity contribution >= 4 is 24.3 Å². The number of hydrogen-bond donors (Lipinski definition) is 1. The highest BCUT2D eigenvalue weighted by Crippen LogP contribution is 2.11. The Kier molecular flexibility index (Phi) is 7.33. The van der Waals surface area contributed by atoms with Crippen molar-refractivity contribution in [2.75, 3.05) is 26.7 Å². The number of carboxylic acid groups (broad SMARTS) is 1. The minimum Gasteiger partial charge on any atom is -0.480 e. The molecule has 0 bridgehead atoms. The lowest BCUT2D eigenvalue weighted by atomic mass is 10.2. The molecule has 0 spiro atoms. The van der Waals surface area contributed by atoms with Crippen molar-refractivity contribution in [2.24, 2.45) is 0 Å². The lowest BCUT2D eigenvalue weighted by Gasteiger charge is -2.36. The van der Waals surface area contributed by atoms with Crippen molar-refractivity contribution < 1.29 is 19.4 Å². The first-order chi connectivity index (χ1) is 8.31. The third kappa shape index (κ3) is 5.34. The van der Waals surface area contributed by atoms with Gasteiger partial charge in [-0.1, -0.05) is 0 Å². The van der Waals surface area contributed by atoms with Crippen LogP contribution in [-0.2, 0) is 14.3 Å². The Morgan fingerprint density at radius 1 is 1.37 bits per heavy atom. The highest BCUT2D eigenvalue weighted by Gasteiger charge is 2.27. The number of rotatable bonds is 4. The first-order valence-corrected chi connectivity index (χ1v) is 6.17. The monoisotopic (exact) mass is 294 g/mol. The van der Waals surface area contributed by atoms with E-state index >= 15 is 0 Å². The molecule has 3 atom stereocenters. The van der Waals surface area contributed by atoms with E-state index < -0.39 is 12.0 Å². The average molecular weight is 295 g/mol. The van der Waals surface area contributed by atoms with Crippen LogP contribution < -0.4 is 0 Å². The van der Waals surface area contributed by atoms with Gasteiger partial charge in [0.05, 0.1) is 18.8 Å². The summed E-state index contributed by atoms with van der Waals surface area (Å²) < 4.78 is 5.56. The fourth-order valence-corrected chi connectivity index (χ4v) is 2.02. The Balaban J connectivity index is 0.00000324. The second-order valence-corrected chi connectivity index (χ2v) is 4.99. The molecule has 1 heterocycles. The van der Waals surface area contributed by atoms with Crippen molar-refractivity contribution in [1.29, 1.82) is 0 Å². The van der Waals surface area contributed by atoms with Crippen molar-refractivity contribution in [3.05, 3.63) is 0 Å².